The van der Waals surface area contributed by atoms with E-state index in [2.05, 4.69) is 21.9 Å². The number of ether oxygens (including phenoxy) is 1. The number of hydrogen-bond acceptors (Lipinski definition) is 4. The van der Waals surface area contributed by atoms with Gasteiger partial charge in [-0.2, -0.15) is 0 Å². The molecule has 6 heteroatoms. The first-order valence-corrected chi connectivity index (χ1v) is 8.01. The number of likely N-dealkylation sites (tertiary alicyclic amines) is 1. The molecular weight excluding hydrogens is 280 g/mol. The van der Waals surface area contributed by atoms with E-state index in [1.807, 2.05) is 31.9 Å². The SMILES string of the molecule is CN(Cc1ncc[nH]1)C[C@H]1CCCCN1C(=O)OC(C)(C)C. The van der Waals surface area contributed by atoms with E-state index in [1.54, 1.807) is 6.20 Å². The normalized spacial score (nSPS) is 19.5. The summed E-state index contributed by atoms with van der Waals surface area (Å²) >= 11 is 0. The Balaban J connectivity index is 1.92. The van der Waals surface area contributed by atoms with Gasteiger partial charge < -0.3 is 14.6 Å². The molecule has 1 aliphatic heterocycles. The molecule has 6 nitrogen and oxygen atoms in total. The fraction of sp³-hybridized carbons (Fsp3) is 0.750. The molecule has 1 aromatic heterocycles. The third-order valence-electron chi connectivity index (χ3n) is 3.75. The van der Waals surface area contributed by atoms with Crippen molar-refractivity contribution in [1.29, 1.82) is 0 Å². The minimum atomic E-state index is -0.445. The van der Waals surface area contributed by atoms with Gasteiger partial charge in [0.15, 0.2) is 0 Å². The summed E-state index contributed by atoms with van der Waals surface area (Å²) in [6.07, 6.45) is 6.65. The number of likely N-dealkylation sites (N-methyl/N-ethyl adjacent to an activating group) is 1. The number of amides is 1. The molecule has 0 aromatic carbocycles. The van der Waals surface area contributed by atoms with E-state index >= 15 is 0 Å². The van der Waals surface area contributed by atoms with Crippen molar-refractivity contribution in [3.63, 3.8) is 0 Å². The number of carbonyl (C=O) groups is 1. The lowest BCUT2D eigenvalue weighted by atomic mass is 10.0. The highest BCUT2D eigenvalue weighted by Gasteiger charge is 2.31. The van der Waals surface area contributed by atoms with Crippen LogP contribution in [-0.2, 0) is 11.3 Å². The molecule has 1 atom stereocenters. The average Bonchev–Trinajstić information content (AvgIpc) is 2.90. The van der Waals surface area contributed by atoms with Crippen LogP contribution in [0.4, 0.5) is 4.79 Å². The summed E-state index contributed by atoms with van der Waals surface area (Å²) in [6.45, 7) is 8.10. The Kier molecular flexibility index (Phi) is 5.45. The highest BCUT2D eigenvalue weighted by Crippen LogP contribution is 2.21. The van der Waals surface area contributed by atoms with Crippen molar-refractivity contribution in [2.24, 2.45) is 0 Å². The van der Waals surface area contributed by atoms with Gasteiger partial charge in [-0.1, -0.05) is 0 Å². The van der Waals surface area contributed by atoms with Gasteiger partial charge in [0.2, 0.25) is 0 Å². The summed E-state index contributed by atoms with van der Waals surface area (Å²) in [6, 6.07) is 0.212. The lowest BCUT2D eigenvalue weighted by Crippen LogP contribution is -2.50. The number of imidazole rings is 1. The maximum Gasteiger partial charge on any atom is 0.410 e. The zero-order valence-corrected chi connectivity index (χ0v) is 14.1. The molecule has 0 saturated carbocycles. The summed E-state index contributed by atoms with van der Waals surface area (Å²) < 4.78 is 5.54. The van der Waals surface area contributed by atoms with Gasteiger partial charge in [0.1, 0.15) is 11.4 Å². The molecule has 2 rings (SSSR count). The van der Waals surface area contributed by atoms with E-state index in [-0.39, 0.29) is 12.1 Å². The fourth-order valence-corrected chi connectivity index (χ4v) is 2.82. The smallest absolute Gasteiger partial charge is 0.410 e. The Morgan fingerprint density at radius 2 is 2.27 bits per heavy atom. The molecule has 0 unspecified atom stereocenters. The predicted molar refractivity (Wildman–Crippen MR) is 85.5 cm³/mol. The van der Waals surface area contributed by atoms with E-state index in [0.29, 0.717) is 0 Å². The molecule has 22 heavy (non-hydrogen) atoms. The van der Waals surface area contributed by atoms with Crippen molar-refractivity contribution >= 4 is 6.09 Å². The molecule has 2 heterocycles. The van der Waals surface area contributed by atoms with Gasteiger partial charge in [-0.25, -0.2) is 9.78 Å². The van der Waals surface area contributed by atoms with E-state index < -0.39 is 5.60 Å². The van der Waals surface area contributed by atoms with Crippen LogP contribution in [-0.4, -0.2) is 57.6 Å². The molecular formula is C16H28N4O2. The number of aromatic nitrogens is 2. The summed E-state index contributed by atoms with van der Waals surface area (Å²) in [4.78, 5) is 23.8. The first-order valence-electron chi connectivity index (χ1n) is 8.01. The number of nitrogens with one attached hydrogen (secondary N) is 1. The minimum absolute atomic E-state index is 0.191. The monoisotopic (exact) mass is 308 g/mol. The standard InChI is InChI=1S/C16H28N4O2/c1-16(2,3)22-15(21)20-10-6-5-7-13(20)11-19(4)12-14-17-8-9-18-14/h8-9,13H,5-7,10-12H2,1-4H3,(H,17,18)/t13-/m1/s1. The lowest BCUT2D eigenvalue weighted by Gasteiger charge is -2.38. The highest BCUT2D eigenvalue weighted by atomic mass is 16.6. The Morgan fingerprint density at radius 1 is 1.50 bits per heavy atom. The van der Waals surface area contributed by atoms with Gasteiger partial charge in [0, 0.05) is 31.5 Å². The van der Waals surface area contributed by atoms with Crippen molar-refractivity contribution in [2.75, 3.05) is 20.1 Å². The quantitative estimate of drug-likeness (QED) is 0.929. The van der Waals surface area contributed by atoms with Crippen molar-refractivity contribution in [3.8, 4) is 0 Å². The van der Waals surface area contributed by atoms with Crippen molar-refractivity contribution in [1.82, 2.24) is 19.8 Å². The maximum absolute atomic E-state index is 12.4. The van der Waals surface area contributed by atoms with Crippen LogP contribution in [0.3, 0.4) is 0 Å². The van der Waals surface area contributed by atoms with E-state index in [4.69, 9.17) is 4.74 Å². The van der Waals surface area contributed by atoms with Gasteiger partial charge in [0.05, 0.1) is 6.54 Å². The summed E-state index contributed by atoms with van der Waals surface area (Å²) in [5.41, 5.74) is -0.445. The van der Waals surface area contributed by atoms with Crippen LogP contribution in [0, 0.1) is 0 Å². The molecule has 1 fully saturated rings. The molecule has 0 radical (unpaired) electrons. The Labute approximate surface area is 132 Å². The van der Waals surface area contributed by atoms with Gasteiger partial charge in [-0.15, -0.1) is 0 Å². The third-order valence-corrected chi connectivity index (χ3v) is 3.75. The number of carbonyl (C=O) groups excluding carboxylic acids is 1. The van der Waals surface area contributed by atoms with Crippen LogP contribution >= 0.6 is 0 Å². The van der Waals surface area contributed by atoms with Crippen LogP contribution in [0.2, 0.25) is 0 Å². The summed E-state index contributed by atoms with van der Waals surface area (Å²) in [5, 5.41) is 0. The molecule has 124 valence electrons. The predicted octanol–water partition coefficient (Wildman–Crippen LogP) is 2.63. The van der Waals surface area contributed by atoms with Crippen molar-refractivity contribution < 1.29 is 9.53 Å². The Hall–Kier alpha value is -1.56. The first-order chi connectivity index (χ1) is 10.3. The number of nitrogens with zero attached hydrogens (tertiary/aromatic N) is 3. The van der Waals surface area contributed by atoms with Gasteiger partial charge in [-0.05, 0) is 47.1 Å². The first kappa shape index (κ1) is 16.8. The Morgan fingerprint density at radius 3 is 2.91 bits per heavy atom. The number of H-pyrrole nitrogens is 1. The van der Waals surface area contributed by atoms with Gasteiger partial charge >= 0.3 is 6.09 Å². The van der Waals surface area contributed by atoms with Crippen LogP contribution in [0.5, 0.6) is 0 Å². The van der Waals surface area contributed by atoms with Gasteiger partial charge in [-0.3, -0.25) is 4.90 Å². The largest absolute Gasteiger partial charge is 0.444 e. The molecule has 0 bridgehead atoms. The molecule has 0 spiro atoms. The number of hydrogen-bond donors (Lipinski definition) is 1. The van der Waals surface area contributed by atoms with Crippen LogP contribution in [0.15, 0.2) is 12.4 Å². The van der Waals surface area contributed by atoms with Crippen molar-refractivity contribution in [2.45, 2.75) is 58.2 Å². The summed E-state index contributed by atoms with van der Waals surface area (Å²) in [5.74, 6) is 0.946. The average molecular weight is 308 g/mol. The van der Waals surface area contributed by atoms with Crippen LogP contribution in [0.25, 0.3) is 0 Å². The molecule has 1 aromatic rings. The second kappa shape index (κ2) is 7.13. The third kappa shape index (κ3) is 5.02. The second-order valence-corrected chi connectivity index (χ2v) is 7.06. The number of piperidine rings is 1. The number of rotatable bonds is 4. The molecule has 1 amide bonds. The van der Waals surface area contributed by atoms with Crippen molar-refractivity contribution in [3.05, 3.63) is 18.2 Å². The van der Waals surface area contributed by atoms with Crippen LogP contribution in [0.1, 0.15) is 45.9 Å². The summed E-state index contributed by atoms with van der Waals surface area (Å²) in [7, 11) is 2.06. The van der Waals surface area contributed by atoms with Gasteiger partial charge in [0.25, 0.3) is 0 Å². The highest BCUT2D eigenvalue weighted by molar-refractivity contribution is 5.68. The zero-order chi connectivity index (χ0) is 16.2. The topological polar surface area (TPSA) is 61.5 Å². The number of aromatic amines is 1. The fourth-order valence-electron chi connectivity index (χ4n) is 2.82. The second-order valence-electron chi connectivity index (χ2n) is 7.06. The molecule has 1 aliphatic rings. The van der Waals surface area contributed by atoms with Crippen LogP contribution < -0.4 is 0 Å². The van der Waals surface area contributed by atoms with E-state index in [9.17, 15) is 4.79 Å². The molecule has 0 aliphatic carbocycles. The van der Waals surface area contributed by atoms with E-state index in [1.165, 1.54) is 6.42 Å². The molecule has 1 saturated heterocycles. The maximum atomic E-state index is 12.4. The van der Waals surface area contributed by atoms with E-state index in [0.717, 1.165) is 38.3 Å². The zero-order valence-electron chi connectivity index (χ0n) is 14.1. The lowest BCUT2D eigenvalue weighted by molar-refractivity contribution is 0.00580. The Bertz CT molecular complexity index is 467. The molecule has 1 N–H and O–H groups in total. The minimum Gasteiger partial charge on any atom is -0.444 e.